The summed E-state index contributed by atoms with van der Waals surface area (Å²) in [4.78, 5) is 12.4. The zero-order valence-electron chi connectivity index (χ0n) is 9.69. The first-order valence-corrected chi connectivity index (χ1v) is 6.66. The summed E-state index contributed by atoms with van der Waals surface area (Å²) in [5.74, 6) is 0.592. The van der Waals surface area contributed by atoms with E-state index in [-0.39, 0.29) is 11.8 Å². The molecule has 0 aliphatic carbocycles. The lowest BCUT2D eigenvalue weighted by molar-refractivity contribution is -0.113. The molecule has 1 atom stereocenters. The molecule has 1 aromatic rings. The minimum atomic E-state index is 0.0481. The van der Waals surface area contributed by atoms with E-state index in [1.54, 1.807) is 11.8 Å². The number of anilines is 1. The van der Waals surface area contributed by atoms with Crippen molar-refractivity contribution in [2.75, 3.05) is 11.1 Å². The Balaban J connectivity index is 2.18. The van der Waals surface area contributed by atoms with E-state index in [9.17, 15) is 4.79 Å². The third-order valence-corrected chi connectivity index (χ3v) is 3.91. The molecule has 0 aromatic heterocycles. The second-order valence-corrected chi connectivity index (χ2v) is 5.12. The lowest BCUT2D eigenvalue weighted by atomic mass is 9.98. The Kier molecular flexibility index (Phi) is 3.70. The average Bonchev–Trinajstić information content (AvgIpc) is 2.35. The van der Waals surface area contributed by atoms with Crippen LogP contribution in [0, 0.1) is 17.2 Å². The highest BCUT2D eigenvalue weighted by atomic mass is 32.2. The van der Waals surface area contributed by atoms with Crippen LogP contribution in [0.25, 0.3) is 0 Å². The van der Waals surface area contributed by atoms with Crippen LogP contribution in [-0.4, -0.2) is 11.7 Å². The number of carbonyl (C=O) groups is 1. The molecule has 0 fully saturated rings. The van der Waals surface area contributed by atoms with Crippen molar-refractivity contribution in [2.45, 2.75) is 24.7 Å². The smallest absolute Gasteiger partial charge is 0.234 e. The number of nitriles is 1. The Morgan fingerprint density at radius 1 is 1.59 bits per heavy atom. The molecular weight excluding hydrogens is 232 g/mol. The summed E-state index contributed by atoms with van der Waals surface area (Å²) >= 11 is 1.56. The number of carbonyl (C=O) groups excluding carboxylic acids is 1. The Hall–Kier alpha value is -1.47. The standard InChI is InChI=1S/C13H14N2OS/c1-2-9(7-14)5-10-3-4-12-11(6-10)15-13(16)8-17-12/h3-4,6,9H,2,5,8H2,1H3,(H,15,16). The molecule has 1 aliphatic rings. The van der Waals surface area contributed by atoms with Crippen LogP contribution in [0.15, 0.2) is 23.1 Å². The lowest BCUT2D eigenvalue weighted by Crippen LogP contribution is -2.18. The van der Waals surface area contributed by atoms with Gasteiger partial charge in [0.1, 0.15) is 0 Å². The van der Waals surface area contributed by atoms with Gasteiger partial charge in [0.25, 0.3) is 0 Å². The van der Waals surface area contributed by atoms with Crippen LogP contribution in [0.1, 0.15) is 18.9 Å². The summed E-state index contributed by atoms with van der Waals surface area (Å²) < 4.78 is 0. The second-order valence-electron chi connectivity index (χ2n) is 4.11. The van der Waals surface area contributed by atoms with Gasteiger partial charge in [0, 0.05) is 4.90 Å². The van der Waals surface area contributed by atoms with Crippen molar-refractivity contribution in [3.63, 3.8) is 0 Å². The van der Waals surface area contributed by atoms with Gasteiger partial charge >= 0.3 is 0 Å². The van der Waals surface area contributed by atoms with E-state index >= 15 is 0 Å². The summed E-state index contributed by atoms with van der Waals surface area (Å²) in [6.07, 6.45) is 1.61. The molecule has 1 unspecified atom stereocenters. The number of fused-ring (bicyclic) bond motifs is 1. The summed E-state index contributed by atoms with van der Waals surface area (Å²) in [7, 11) is 0. The number of hydrogen-bond acceptors (Lipinski definition) is 3. The molecule has 1 aliphatic heterocycles. The number of thioether (sulfide) groups is 1. The molecule has 3 nitrogen and oxygen atoms in total. The van der Waals surface area contributed by atoms with Gasteiger partial charge < -0.3 is 5.32 Å². The molecule has 4 heteroatoms. The van der Waals surface area contributed by atoms with E-state index in [1.807, 2.05) is 25.1 Å². The van der Waals surface area contributed by atoms with E-state index in [2.05, 4.69) is 11.4 Å². The molecule has 1 heterocycles. The Morgan fingerprint density at radius 3 is 3.12 bits per heavy atom. The van der Waals surface area contributed by atoms with Crippen LogP contribution >= 0.6 is 11.8 Å². The van der Waals surface area contributed by atoms with Crippen LogP contribution in [0.5, 0.6) is 0 Å². The van der Waals surface area contributed by atoms with Gasteiger partial charge in [-0.15, -0.1) is 11.8 Å². The van der Waals surface area contributed by atoms with Crippen LogP contribution < -0.4 is 5.32 Å². The largest absolute Gasteiger partial charge is 0.324 e. The normalized spacial score (nSPS) is 15.6. The van der Waals surface area contributed by atoms with Crippen LogP contribution in [0.2, 0.25) is 0 Å². The first-order valence-electron chi connectivity index (χ1n) is 5.68. The summed E-state index contributed by atoms with van der Waals surface area (Å²) in [5.41, 5.74) is 2.00. The van der Waals surface area contributed by atoms with Gasteiger partial charge in [0.2, 0.25) is 5.91 Å². The van der Waals surface area contributed by atoms with Crippen LogP contribution in [-0.2, 0) is 11.2 Å². The predicted molar refractivity (Wildman–Crippen MR) is 68.9 cm³/mol. The lowest BCUT2D eigenvalue weighted by Gasteiger charge is -2.17. The third-order valence-electron chi connectivity index (χ3n) is 2.83. The van der Waals surface area contributed by atoms with Gasteiger partial charge in [-0.1, -0.05) is 13.0 Å². The van der Waals surface area contributed by atoms with Crippen LogP contribution in [0.3, 0.4) is 0 Å². The van der Waals surface area contributed by atoms with Gasteiger partial charge in [-0.25, -0.2) is 0 Å². The fourth-order valence-corrected chi connectivity index (χ4v) is 2.61. The average molecular weight is 246 g/mol. The Bertz CT molecular complexity index is 479. The van der Waals surface area contributed by atoms with Gasteiger partial charge in [0.05, 0.1) is 23.4 Å². The number of amides is 1. The van der Waals surface area contributed by atoms with Crippen molar-refractivity contribution in [3.8, 4) is 6.07 Å². The number of rotatable bonds is 3. The van der Waals surface area contributed by atoms with E-state index in [1.165, 1.54) is 0 Å². The maximum atomic E-state index is 11.3. The quantitative estimate of drug-likeness (QED) is 0.892. The van der Waals surface area contributed by atoms with Crippen molar-refractivity contribution < 1.29 is 4.79 Å². The van der Waals surface area contributed by atoms with Gasteiger partial charge in [-0.2, -0.15) is 5.26 Å². The highest BCUT2D eigenvalue weighted by molar-refractivity contribution is 8.00. The fourth-order valence-electron chi connectivity index (χ4n) is 1.82. The molecule has 1 N–H and O–H groups in total. The van der Waals surface area contributed by atoms with E-state index in [0.29, 0.717) is 5.75 Å². The van der Waals surface area contributed by atoms with Crippen molar-refractivity contribution in [1.29, 1.82) is 5.26 Å². The topological polar surface area (TPSA) is 52.9 Å². The van der Waals surface area contributed by atoms with Gasteiger partial charge in [-0.3, -0.25) is 4.79 Å². The zero-order chi connectivity index (χ0) is 12.3. The molecule has 17 heavy (non-hydrogen) atoms. The summed E-state index contributed by atoms with van der Waals surface area (Å²) in [6.45, 7) is 2.02. The molecule has 0 saturated heterocycles. The Labute approximate surface area is 105 Å². The number of nitrogens with one attached hydrogen (secondary N) is 1. The van der Waals surface area contributed by atoms with E-state index < -0.39 is 0 Å². The molecule has 0 spiro atoms. The highest BCUT2D eigenvalue weighted by Crippen LogP contribution is 2.32. The van der Waals surface area contributed by atoms with Crippen molar-refractivity contribution >= 4 is 23.4 Å². The first kappa shape index (κ1) is 12.0. The highest BCUT2D eigenvalue weighted by Gasteiger charge is 2.16. The molecule has 0 radical (unpaired) electrons. The van der Waals surface area contributed by atoms with Crippen LogP contribution in [0.4, 0.5) is 5.69 Å². The van der Waals surface area contributed by atoms with E-state index in [0.717, 1.165) is 29.0 Å². The summed E-state index contributed by atoms with van der Waals surface area (Å²) in [5, 5.41) is 11.8. The SMILES string of the molecule is CCC(C#N)Cc1ccc2c(c1)NC(=O)CS2. The number of hydrogen-bond donors (Lipinski definition) is 1. The van der Waals surface area contributed by atoms with Crippen molar-refractivity contribution in [3.05, 3.63) is 23.8 Å². The fraction of sp³-hybridized carbons (Fsp3) is 0.385. The predicted octanol–water partition coefficient (Wildman–Crippen LogP) is 2.82. The first-order chi connectivity index (χ1) is 8.22. The number of benzene rings is 1. The molecule has 1 aromatic carbocycles. The van der Waals surface area contributed by atoms with Crippen molar-refractivity contribution in [1.82, 2.24) is 0 Å². The Morgan fingerprint density at radius 2 is 2.41 bits per heavy atom. The van der Waals surface area contributed by atoms with Gasteiger partial charge in [0.15, 0.2) is 0 Å². The number of nitrogens with zero attached hydrogens (tertiary/aromatic N) is 1. The zero-order valence-corrected chi connectivity index (χ0v) is 10.5. The molecular formula is C13H14N2OS. The second kappa shape index (κ2) is 5.24. The molecule has 88 valence electrons. The summed E-state index contributed by atoms with van der Waals surface area (Å²) in [6, 6.07) is 8.35. The molecule has 2 rings (SSSR count). The monoisotopic (exact) mass is 246 g/mol. The minimum absolute atomic E-state index is 0.0481. The van der Waals surface area contributed by atoms with E-state index in [4.69, 9.17) is 5.26 Å². The minimum Gasteiger partial charge on any atom is -0.324 e. The molecule has 1 amide bonds. The maximum Gasteiger partial charge on any atom is 0.234 e. The van der Waals surface area contributed by atoms with Crippen molar-refractivity contribution in [2.24, 2.45) is 5.92 Å². The molecule has 0 saturated carbocycles. The van der Waals surface area contributed by atoms with Gasteiger partial charge in [-0.05, 0) is 30.5 Å². The third kappa shape index (κ3) is 2.80. The maximum absolute atomic E-state index is 11.3. The molecule has 0 bridgehead atoms.